The number of terminal acetylenes is 1. The maximum absolute atomic E-state index is 12.5. The summed E-state index contributed by atoms with van der Waals surface area (Å²) in [4.78, 5) is 57.7. The van der Waals surface area contributed by atoms with E-state index in [0.717, 1.165) is 54.0 Å². The highest BCUT2D eigenvalue weighted by atomic mass is 35.5. The number of carbonyl (C=O) groups excluding carboxylic acids is 2. The summed E-state index contributed by atoms with van der Waals surface area (Å²) < 4.78 is 29.7. The number of carbonyl (C=O) groups is 3. The number of halogens is 5. The second-order valence-corrected chi connectivity index (χ2v) is 20.5. The van der Waals surface area contributed by atoms with Gasteiger partial charge in [-0.15, -0.1) is 23.1 Å². The van der Waals surface area contributed by atoms with Crippen molar-refractivity contribution in [1.82, 2.24) is 14.3 Å². The van der Waals surface area contributed by atoms with Crippen LogP contribution in [-0.2, 0) is 43.1 Å². The SMILES string of the molecule is C#CCOc1cc(-n2nc3n(c2=O)CCCC3)c(Cl)cc1Cl.CC1COc2ccccc2N1C(=O)C(Cl)Cl.CCc1cccc(C)c1N(C(=O)CCl)C(C)COC.CP(=O)(O)CCC(N)C(=O)O. The molecule has 3 heterocycles. The highest BCUT2D eigenvalue weighted by Crippen LogP contribution is 2.37. The first-order chi connectivity index (χ1) is 32.1. The summed E-state index contributed by atoms with van der Waals surface area (Å²) >= 11 is 29.3. The number of amides is 2. The summed E-state index contributed by atoms with van der Waals surface area (Å²) in [7, 11) is -1.47. The van der Waals surface area contributed by atoms with Crippen molar-refractivity contribution >= 4 is 94.5 Å². The molecule has 0 saturated heterocycles. The van der Waals surface area contributed by atoms with Crippen molar-refractivity contribution in [2.45, 2.75) is 89.3 Å². The fourth-order valence-corrected chi connectivity index (χ4v) is 8.65. The Balaban J connectivity index is 0.000000247. The van der Waals surface area contributed by atoms with Gasteiger partial charge in [-0.1, -0.05) is 89.6 Å². The van der Waals surface area contributed by atoms with Gasteiger partial charge >= 0.3 is 11.7 Å². The van der Waals surface area contributed by atoms with E-state index in [2.05, 4.69) is 24.0 Å². The fourth-order valence-electron chi connectivity index (χ4n) is 7.03. The molecular weight excluding hydrogens is 1000 g/mol. The third-order valence-corrected chi connectivity index (χ3v) is 12.6. The van der Waals surface area contributed by atoms with E-state index in [1.54, 1.807) is 27.5 Å². The summed E-state index contributed by atoms with van der Waals surface area (Å²) in [5.41, 5.74) is 9.25. The van der Waals surface area contributed by atoms with Crippen molar-refractivity contribution in [2.75, 3.05) is 55.4 Å². The molecule has 4 aromatic rings. The molecule has 0 aliphatic carbocycles. The highest BCUT2D eigenvalue weighted by Gasteiger charge is 2.32. The maximum atomic E-state index is 12.5. The summed E-state index contributed by atoms with van der Waals surface area (Å²) in [6.07, 6.45) is 8.85. The summed E-state index contributed by atoms with van der Waals surface area (Å²) in [6.45, 7) is 10.8. The number of hydrogen-bond acceptors (Lipinski definition) is 10. The van der Waals surface area contributed by atoms with Crippen LogP contribution in [0.2, 0.25) is 10.0 Å². The van der Waals surface area contributed by atoms with Crippen LogP contribution in [-0.4, -0.2) is 111 Å². The van der Waals surface area contributed by atoms with Gasteiger partial charge < -0.3 is 39.7 Å². The molecule has 1 aromatic heterocycles. The minimum atomic E-state index is -3.10. The Bertz CT molecular complexity index is 2490. The van der Waals surface area contributed by atoms with Crippen molar-refractivity contribution in [3.8, 4) is 29.5 Å². The second kappa shape index (κ2) is 27.8. The van der Waals surface area contributed by atoms with Crippen LogP contribution in [0.25, 0.3) is 5.69 Å². The first kappa shape index (κ1) is 58.0. The van der Waals surface area contributed by atoms with Gasteiger partial charge in [-0.25, -0.2) is 4.79 Å². The zero-order valence-corrected chi connectivity index (χ0v) is 43.3. The van der Waals surface area contributed by atoms with E-state index in [1.165, 1.54) is 17.4 Å². The number of rotatable bonds is 14. The molecule has 0 fully saturated rings. The third-order valence-electron chi connectivity index (χ3n) is 10.3. The molecular formula is C46H58Cl5N6O10P. The van der Waals surface area contributed by atoms with Gasteiger partial charge in [-0.05, 0) is 75.8 Å². The van der Waals surface area contributed by atoms with E-state index >= 15 is 0 Å². The number of carboxylic acid groups (broad SMARTS) is 1. The standard InChI is InChI=1S/C15H13Cl2N3O2.C15H22ClNO2.C11H11Cl2NO2.C5H12NO4P/c1-2-7-22-13-9-12(10(16)8-11(13)17)20-15(21)19-6-4-3-5-14(19)18-20;1-5-13-8-6-7-11(2)15(13)17(14(18)9-16)12(3)10-19-4;1-7-6-16-9-5-3-2-4-8(9)14(7)11(15)10(12)13;1-11(9,10)3-2-4(6)5(7)8/h1,8-9H,3-7H2;6-8,12H,5,9-10H2,1-4H3;2-5,7,10H,6H2,1H3;4H,2-3,6H2,1H3,(H,7,8)(H,9,10). The monoisotopic (exact) mass is 1060 g/mol. The van der Waals surface area contributed by atoms with Crippen molar-refractivity contribution in [1.29, 1.82) is 0 Å². The zero-order chi connectivity index (χ0) is 50.9. The van der Waals surface area contributed by atoms with Gasteiger partial charge in [0.1, 0.15) is 42.5 Å². The van der Waals surface area contributed by atoms with E-state index in [0.29, 0.717) is 47.0 Å². The molecule has 0 saturated carbocycles. The highest BCUT2D eigenvalue weighted by molar-refractivity contribution is 7.57. The average Bonchev–Trinajstić information content (AvgIpc) is 3.63. The molecule has 3 aromatic carbocycles. The van der Waals surface area contributed by atoms with Gasteiger partial charge in [0.2, 0.25) is 5.91 Å². The van der Waals surface area contributed by atoms with Crippen molar-refractivity contribution in [2.24, 2.45) is 5.73 Å². The van der Waals surface area contributed by atoms with Gasteiger partial charge in [0, 0.05) is 39.0 Å². The quantitative estimate of drug-likeness (QED) is 0.0621. The Morgan fingerprint density at radius 3 is 2.38 bits per heavy atom. The number of nitrogens with two attached hydrogens (primary N) is 1. The molecule has 0 spiro atoms. The van der Waals surface area contributed by atoms with Crippen LogP contribution >= 0.6 is 65.4 Å². The Kier molecular flexibility index (Phi) is 23.7. The van der Waals surface area contributed by atoms with E-state index in [1.807, 2.05) is 57.2 Å². The lowest BCUT2D eigenvalue weighted by Gasteiger charge is -2.35. The van der Waals surface area contributed by atoms with E-state index in [9.17, 15) is 23.7 Å². The smallest absolute Gasteiger partial charge is 0.350 e. The molecule has 4 N–H and O–H groups in total. The summed E-state index contributed by atoms with van der Waals surface area (Å²) in [5, 5.41) is 13.3. The first-order valence-electron chi connectivity index (χ1n) is 21.4. The van der Waals surface area contributed by atoms with Crippen LogP contribution < -0.4 is 30.7 Å². The Morgan fingerprint density at radius 2 is 1.79 bits per heavy atom. The number of hydrogen-bond donors (Lipinski definition) is 3. The third kappa shape index (κ3) is 16.4. The number of aryl methyl sites for hydroxylation is 3. The maximum Gasteiger partial charge on any atom is 0.350 e. The predicted molar refractivity (Wildman–Crippen MR) is 270 cm³/mol. The van der Waals surface area contributed by atoms with E-state index in [4.69, 9.17) is 94.4 Å². The average molecular weight is 1060 g/mol. The van der Waals surface area contributed by atoms with Gasteiger partial charge in [-0.2, -0.15) is 4.68 Å². The molecule has 68 heavy (non-hydrogen) atoms. The van der Waals surface area contributed by atoms with Crippen LogP contribution in [0.5, 0.6) is 11.5 Å². The summed E-state index contributed by atoms with van der Waals surface area (Å²) in [5.74, 6) is 2.63. The molecule has 4 atom stereocenters. The van der Waals surface area contributed by atoms with Crippen LogP contribution in [0.3, 0.4) is 0 Å². The first-order valence-corrected chi connectivity index (χ1v) is 25.9. The van der Waals surface area contributed by atoms with Crippen molar-refractivity contribution in [3.05, 3.63) is 92.1 Å². The largest absolute Gasteiger partial charge is 0.489 e. The number of anilines is 2. The van der Waals surface area contributed by atoms with E-state index in [-0.39, 0.29) is 54.7 Å². The molecule has 2 aliphatic heterocycles. The van der Waals surface area contributed by atoms with Crippen LogP contribution in [0, 0.1) is 19.3 Å². The van der Waals surface area contributed by atoms with E-state index < -0.39 is 24.2 Å². The number of aromatic nitrogens is 3. The Labute approximate surface area is 421 Å². The van der Waals surface area contributed by atoms with Crippen LogP contribution in [0.4, 0.5) is 11.4 Å². The number of benzene rings is 3. The lowest BCUT2D eigenvalue weighted by atomic mass is 10.0. The molecule has 0 radical (unpaired) electrons. The fraction of sp³-hybridized carbons (Fsp3) is 0.457. The topological polar surface area (TPSA) is 209 Å². The molecule has 4 unspecified atom stereocenters. The molecule has 6 rings (SSSR count). The molecule has 22 heteroatoms. The van der Waals surface area contributed by atoms with Crippen molar-refractivity contribution in [3.63, 3.8) is 0 Å². The number of ether oxygens (including phenoxy) is 3. The molecule has 0 bridgehead atoms. The molecule has 372 valence electrons. The molecule has 2 aliphatic rings. The van der Waals surface area contributed by atoms with Gasteiger partial charge in [-0.3, -0.25) is 23.5 Å². The number of fused-ring (bicyclic) bond motifs is 2. The Hall–Kier alpha value is -4.27. The minimum Gasteiger partial charge on any atom is -0.489 e. The number of carboxylic acids is 1. The number of para-hydroxylation sites is 3. The lowest BCUT2D eigenvalue weighted by Crippen LogP contribution is -2.47. The number of methoxy groups -OCH3 is 1. The molecule has 16 nitrogen and oxygen atoms in total. The van der Waals surface area contributed by atoms with Crippen LogP contribution in [0.15, 0.2) is 59.4 Å². The number of aliphatic carboxylic acids is 1. The van der Waals surface area contributed by atoms with Gasteiger partial charge in [0.25, 0.3) is 5.91 Å². The zero-order valence-electron chi connectivity index (χ0n) is 38.7. The lowest BCUT2D eigenvalue weighted by molar-refractivity contribution is -0.138. The predicted octanol–water partition coefficient (Wildman–Crippen LogP) is 8.15. The normalized spacial score (nSPS) is 15.4. The molecule has 2 amide bonds. The number of nitrogens with zero attached hydrogens (tertiary/aromatic N) is 5. The van der Waals surface area contributed by atoms with Gasteiger partial charge in [0.05, 0.1) is 45.8 Å². The Morgan fingerprint density at radius 1 is 1.10 bits per heavy atom. The van der Waals surface area contributed by atoms with Gasteiger partial charge in [0.15, 0.2) is 12.2 Å². The summed E-state index contributed by atoms with van der Waals surface area (Å²) in [6, 6.07) is 15.4. The van der Waals surface area contributed by atoms with Crippen molar-refractivity contribution < 1.29 is 43.2 Å². The van der Waals surface area contributed by atoms with Crippen LogP contribution in [0.1, 0.15) is 57.0 Å². The second-order valence-electron chi connectivity index (χ2n) is 15.7. The minimum absolute atomic E-state index is 0.0223. The number of alkyl halides is 3.